The second kappa shape index (κ2) is 7.23. The van der Waals surface area contributed by atoms with E-state index in [-0.39, 0.29) is 12.2 Å². The summed E-state index contributed by atoms with van der Waals surface area (Å²) in [5.74, 6) is 0.388. The van der Waals surface area contributed by atoms with Gasteiger partial charge in [-0.25, -0.2) is 9.78 Å². The van der Waals surface area contributed by atoms with Crippen molar-refractivity contribution in [3.8, 4) is 0 Å². The Morgan fingerprint density at radius 2 is 2.24 bits per heavy atom. The van der Waals surface area contributed by atoms with Crippen LogP contribution in [0.1, 0.15) is 47.0 Å². The molecule has 0 saturated heterocycles. The van der Waals surface area contributed by atoms with Gasteiger partial charge in [0.25, 0.3) is 5.56 Å². The zero-order chi connectivity index (χ0) is 18.0. The predicted molar refractivity (Wildman–Crippen MR) is 98.0 cm³/mol. The van der Waals surface area contributed by atoms with Crippen LogP contribution in [0.4, 0.5) is 0 Å². The number of aromatic amines is 2. The van der Waals surface area contributed by atoms with Gasteiger partial charge in [-0.3, -0.25) is 4.79 Å². The van der Waals surface area contributed by atoms with Crippen LogP contribution in [0.3, 0.4) is 0 Å². The fourth-order valence-electron chi connectivity index (χ4n) is 2.70. The monoisotopic (exact) mass is 359 g/mol. The quantitative estimate of drug-likeness (QED) is 0.659. The standard InChI is InChI=1S/C18H21N3O3S/c1-4-10(2)8-12-11(3)25-17-15(12)16(22)20-14(21-17)9-24-18(23)13-6-5-7-19-13/h5-7,10,19H,4,8-9H2,1-3H3,(H,20,21,22)/t10-/m1/s1. The second-order valence-corrected chi connectivity index (χ2v) is 7.41. The number of hydrogen-bond acceptors (Lipinski definition) is 5. The fourth-order valence-corrected chi connectivity index (χ4v) is 3.77. The minimum atomic E-state index is -0.479. The van der Waals surface area contributed by atoms with Gasteiger partial charge in [0.1, 0.15) is 23.0 Å². The largest absolute Gasteiger partial charge is 0.453 e. The van der Waals surface area contributed by atoms with E-state index in [2.05, 4.69) is 28.8 Å². The van der Waals surface area contributed by atoms with E-state index in [1.54, 1.807) is 18.3 Å². The molecule has 132 valence electrons. The van der Waals surface area contributed by atoms with E-state index in [9.17, 15) is 9.59 Å². The Kier molecular flexibility index (Phi) is 5.03. The Bertz CT molecular complexity index is 941. The Morgan fingerprint density at radius 3 is 2.92 bits per heavy atom. The molecule has 7 heteroatoms. The summed E-state index contributed by atoms with van der Waals surface area (Å²) in [6, 6.07) is 3.35. The van der Waals surface area contributed by atoms with Gasteiger partial charge in [-0.15, -0.1) is 11.3 Å². The van der Waals surface area contributed by atoms with Crippen molar-refractivity contribution >= 4 is 27.5 Å². The molecule has 1 atom stereocenters. The number of aromatic nitrogens is 3. The second-order valence-electron chi connectivity index (χ2n) is 6.21. The molecule has 0 aliphatic carbocycles. The average Bonchev–Trinajstić information content (AvgIpc) is 3.21. The summed E-state index contributed by atoms with van der Waals surface area (Å²) in [5.41, 5.74) is 1.28. The summed E-state index contributed by atoms with van der Waals surface area (Å²) < 4.78 is 5.20. The van der Waals surface area contributed by atoms with Gasteiger partial charge in [-0.05, 0) is 37.0 Å². The molecule has 3 aromatic heterocycles. The molecule has 0 aromatic carbocycles. The van der Waals surface area contributed by atoms with Crippen LogP contribution in [0.25, 0.3) is 10.2 Å². The van der Waals surface area contributed by atoms with Crippen molar-refractivity contribution in [2.24, 2.45) is 5.92 Å². The molecule has 3 heterocycles. The fraction of sp³-hybridized carbons (Fsp3) is 0.389. The Balaban J connectivity index is 1.85. The van der Waals surface area contributed by atoms with Gasteiger partial charge in [0.2, 0.25) is 0 Å². The van der Waals surface area contributed by atoms with Crippen molar-refractivity contribution in [1.29, 1.82) is 0 Å². The van der Waals surface area contributed by atoms with Crippen molar-refractivity contribution in [2.75, 3.05) is 0 Å². The van der Waals surface area contributed by atoms with Crippen molar-refractivity contribution in [3.05, 3.63) is 50.6 Å². The van der Waals surface area contributed by atoms with E-state index in [1.165, 1.54) is 11.3 Å². The number of nitrogens with zero attached hydrogens (tertiary/aromatic N) is 1. The lowest BCUT2D eigenvalue weighted by molar-refractivity contribution is 0.0456. The molecule has 0 aliphatic heterocycles. The highest BCUT2D eigenvalue weighted by Crippen LogP contribution is 2.29. The molecule has 6 nitrogen and oxygen atoms in total. The number of hydrogen-bond donors (Lipinski definition) is 2. The summed E-state index contributed by atoms with van der Waals surface area (Å²) in [6.07, 6.45) is 3.58. The molecule has 0 amide bonds. The summed E-state index contributed by atoms with van der Waals surface area (Å²) in [5, 5.41) is 0.669. The Labute approximate surface area is 149 Å². The molecule has 25 heavy (non-hydrogen) atoms. The first-order valence-corrected chi connectivity index (χ1v) is 9.13. The number of thiophene rings is 1. The third-order valence-corrected chi connectivity index (χ3v) is 5.36. The first-order chi connectivity index (χ1) is 12.0. The van der Waals surface area contributed by atoms with E-state index in [0.29, 0.717) is 27.7 Å². The molecule has 0 aliphatic rings. The third kappa shape index (κ3) is 3.66. The van der Waals surface area contributed by atoms with Gasteiger partial charge < -0.3 is 14.7 Å². The first-order valence-electron chi connectivity index (χ1n) is 8.31. The minimum Gasteiger partial charge on any atom is -0.453 e. The normalized spacial score (nSPS) is 12.4. The number of rotatable bonds is 6. The number of aryl methyl sites for hydroxylation is 1. The predicted octanol–water partition coefficient (Wildman–Crippen LogP) is 3.57. The maximum absolute atomic E-state index is 12.5. The molecule has 0 unspecified atom stereocenters. The van der Waals surface area contributed by atoms with E-state index in [1.807, 2.05) is 6.92 Å². The lowest BCUT2D eigenvalue weighted by Gasteiger charge is -2.08. The van der Waals surface area contributed by atoms with Crippen LogP contribution in [0.2, 0.25) is 0 Å². The molecule has 3 rings (SSSR count). The highest BCUT2D eigenvalue weighted by atomic mass is 32.1. The summed E-state index contributed by atoms with van der Waals surface area (Å²) in [6.45, 7) is 6.28. The highest BCUT2D eigenvalue weighted by Gasteiger charge is 2.17. The molecule has 0 fully saturated rings. The molecular weight excluding hydrogens is 338 g/mol. The number of nitrogens with one attached hydrogen (secondary N) is 2. The first kappa shape index (κ1) is 17.4. The summed E-state index contributed by atoms with van der Waals surface area (Å²) in [4.78, 5) is 36.2. The topological polar surface area (TPSA) is 87.8 Å². The number of carbonyl (C=O) groups excluding carboxylic acids is 1. The van der Waals surface area contributed by atoms with Crippen LogP contribution in [0, 0.1) is 12.8 Å². The summed E-state index contributed by atoms with van der Waals surface area (Å²) >= 11 is 1.51. The average molecular weight is 359 g/mol. The minimum absolute atomic E-state index is 0.0688. The zero-order valence-electron chi connectivity index (χ0n) is 14.5. The molecule has 2 N–H and O–H groups in total. The van der Waals surface area contributed by atoms with Gasteiger partial charge in [0.15, 0.2) is 0 Å². The number of fused-ring (bicyclic) bond motifs is 1. The van der Waals surface area contributed by atoms with E-state index >= 15 is 0 Å². The van der Waals surface area contributed by atoms with E-state index in [4.69, 9.17) is 4.74 Å². The number of esters is 1. The van der Waals surface area contributed by atoms with Crippen LogP contribution >= 0.6 is 11.3 Å². The van der Waals surface area contributed by atoms with Gasteiger partial charge in [-0.2, -0.15) is 0 Å². The van der Waals surface area contributed by atoms with Crippen LogP contribution < -0.4 is 5.56 Å². The molecule has 0 saturated carbocycles. The highest BCUT2D eigenvalue weighted by molar-refractivity contribution is 7.18. The maximum atomic E-state index is 12.5. The zero-order valence-corrected chi connectivity index (χ0v) is 15.3. The van der Waals surface area contributed by atoms with Crippen molar-refractivity contribution in [2.45, 2.75) is 40.2 Å². The molecule has 0 bridgehead atoms. The maximum Gasteiger partial charge on any atom is 0.355 e. The van der Waals surface area contributed by atoms with Gasteiger partial charge in [0.05, 0.1) is 5.39 Å². The number of ether oxygens (including phenoxy) is 1. The molecule has 0 spiro atoms. The van der Waals surface area contributed by atoms with E-state index < -0.39 is 5.97 Å². The Hall–Kier alpha value is -2.41. The molecule has 3 aromatic rings. The van der Waals surface area contributed by atoms with Crippen molar-refractivity contribution in [1.82, 2.24) is 15.0 Å². The lowest BCUT2D eigenvalue weighted by atomic mass is 9.98. The molecule has 0 radical (unpaired) electrons. The summed E-state index contributed by atoms with van der Waals surface area (Å²) in [7, 11) is 0. The van der Waals surface area contributed by atoms with Gasteiger partial charge in [-0.1, -0.05) is 20.3 Å². The van der Waals surface area contributed by atoms with Crippen LogP contribution in [0.5, 0.6) is 0 Å². The number of carbonyl (C=O) groups is 1. The smallest absolute Gasteiger partial charge is 0.355 e. The van der Waals surface area contributed by atoms with Gasteiger partial charge in [0, 0.05) is 11.1 Å². The van der Waals surface area contributed by atoms with Crippen LogP contribution in [-0.2, 0) is 17.8 Å². The van der Waals surface area contributed by atoms with Crippen LogP contribution in [0.15, 0.2) is 23.1 Å². The van der Waals surface area contributed by atoms with E-state index in [0.717, 1.165) is 23.3 Å². The Morgan fingerprint density at radius 1 is 1.44 bits per heavy atom. The van der Waals surface area contributed by atoms with Crippen molar-refractivity contribution in [3.63, 3.8) is 0 Å². The number of H-pyrrole nitrogens is 2. The van der Waals surface area contributed by atoms with Crippen LogP contribution in [-0.4, -0.2) is 20.9 Å². The van der Waals surface area contributed by atoms with Gasteiger partial charge >= 0.3 is 5.97 Å². The lowest BCUT2D eigenvalue weighted by Crippen LogP contribution is -2.15. The van der Waals surface area contributed by atoms with Crippen molar-refractivity contribution < 1.29 is 9.53 Å². The molecular formula is C18H21N3O3S. The SMILES string of the molecule is CC[C@@H](C)Cc1c(C)sc2nc(COC(=O)c3ccc[nH]3)[nH]c(=O)c12. The third-order valence-electron chi connectivity index (χ3n) is 4.32.